The van der Waals surface area contributed by atoms with Crippen LogP contribution in [-0.2, 0) is 20.9 Å². The van der Waals surface area contributed by atoms with E-state index in [1.54, 1.807) is 0 Å². The summed E-state index contributed by atoms with van der Waals surface area (Å²) in [7, 11) is 0. The number of nitrogens with one attached hydrogen (secondary N) is 2. The molecule has 0 unspecified atom stereocenters. The largest absolute Gasteiger partial charge is 0.480 e. The summed E-state index contributed by atoms with van der Waals surface area (Å²) < 4.78 is 5.17. The topological polar surface area (TPSA) is 105 Å². The van der Waals surface area contributed by atoms with Crippen LogP contribution in [0.15, 0.2) is 30.3 Å². The molecule has 0 fully saturated rings. The Morgan fingerprint density at radius 1 is 1.19 bits per heavy atom. The van der Waals surface area contributed by atoms with Gasteiger partial charge < -0.3 is 20.5 Å². The van der Waals surface area contributed by atoms with E-state index >= 15 is 0 Å². The number of amides is 2. The third-order valence-corrected chi connectivity index (χ3v) is 4.85. The van der Waals surface area contributed by atoms with E-state index in [1.807, 2.05) is 50.4 Å². The van der Waals surface area contributed by atoms with Crippen LogP contribution >= 0.6 is 11.8 Å². The first-order valence-corrected chi connectivity index (χ1v) is 10.3. The fraction of sp³-hybridized carbons (Fsp3) is 0.526. The molecule has 0 saturated heterocycles. The van der Waals surface area contributed by atoms with Gasteiger partial charge in [-0.15, -0.1) is 0 Å². The van der Waals surface area contributed by atoms with Crippen LogP contribution in [0.2, 0.25) is 0 Å². The maximum absolute atomic E-state index is 12.6. The predicted molar refractivity (Wildman–Crippen MR) is 106 cm³/mol. The average molecular weight is 397 g/mol. The lowest BCUT2D eigenvalue weighted by Gasteiger charge is -2.25. The van der Waals surface area contributed by atoms with Gasteiger partial charge in [0.2, 0.25) is 5.91 Å². The molecule has 0 heterocycles. The number of rotatable bonds is 11. The molecule has 150 valence electrons. The molecule has 27 heavy (non-hydrogen) atoms. The van der Waals surface area contributed by atoms with Crippen molar-refractivity contribution in [1.29, 1.82) is 0 Å². The van der Waals surface area contributed by atoms with Crippen LogP contribution < -0.4 is 10.6 Å². The summed E-state index contributed by atoms with van der Waals surface area (Å²) in [5.74, 6) is -1.18. The van der Waals surface area contributed by atoms with E-state index in [1.165, 1.54) is 11.8 Å². The Kier molecular flexibility index (Phi) is 10.3. The Bertz CT molecular complexity index is 611. The molecule has 0 aliphatic rings. The number of benzene rings is 1. The molecule has 1 aromatic carbocycles. The lowest BCUT2D eigenvalue weighted by atomic mass is 9.98. The predicted octanol–water partition coefficient (Wildman–Crippen LogP) is 2.65. The van der Waals surface area contributed by atoms with Gasteiger partial charge in [0.15, 0.2) is 0 Å². The molecule has 0 saturated carbocycles. The minimum atomic E-state index is -1.09. The zero-order valence-electron chi connectivity index (χ0n) is 15.9. The first-order valence-electron chi connectivity index (χ1n) is 8.88. The molecule has 0 aliphatic heterocycles. The normalized spacial score (nSPS) is 13.9. The number of hydrogen-bond acceptors (Lipinski definition) is 5. The lowest BCUT2D eigenvalue weighted by Crippen LogP contribution is -2.54. The highest BCUT2D eigenvalue weighted by molar-refractivity contribution is 7.98. The Morgan fingerprint density at radius 3 is 2.41 bits per heavy atom. The van der Waals surface area contributed by atoms with Gasteiger partial charge in [-0.05, 0) is 29.9 Å². The molecule has 0 spiro atoms. The van der Waals surface area contributed by atoms with Gasteiger partial charge in [0.25, 0.3) is 0 Å². The molecule has 7 nitrogen and oxygen atoms in total. The molecule has 0 radical (unpaired) electrons. The van der Waals surface area contributed by atoms with Gasteiger partial charge in [0.1, 0.15) is 18.7 Å². The highest BCUT2D eigenvalue weighted by atomic mass is 32.2. The van der Waals surface area contributed by atoms with Crippen LogP contribution in [0.5, 0.6) is 0 Å². The Hall–Kier alpha value is -2.22. The summed E-state index contributed by atoms with van der Waals surface area (Å²) >= 11 is 1.50. The van der Waals surface area contributed by atoms with Crippen LogP contribution in [0.3, 0.4) is 0 Å². The minimum Gasteiger partial charge on any atom is -0.480 e. The second kappa shape index (κ2) is 12.2. The van der Waals surface area contributed by atoms with Gasteiger partial charge in [0, 0.05) is 0 Å². The third-order valence-electron chi connectivity index (χ3n) is 4.21. The summed E-state index contributed by atoms with van der Waals surface area (Å²) in [5, 5.41) is 14.4. The summed E-state index contributed by atoms with van der Waals surface area (Å²) in [6.07, 6.45) is 2.11. The average Bonchev–Trinajstić information content (AvgIpc) is 2.67. The quantitative estimate of drug-likeness (QED) is 0.531. The lowest BCUT2D eigenvalue weighted by molar-refractivity contribution is -0.142. The van der Waals surface area contributed by atoms with E-state index in [2.05, 4.69) is 10.6 Å². The maximum atomic E-state index is 12.6. The number of carboxylic acids is 1. The highest BCUT2D eigenvalue weighted by Gasteiger charge is 2.30. The number of carboxylic acid groups (broad SMARTS) is 1. The number of thioether (sulfide) groups is 1. The van der Waals surface area contributed by atoms with E-state index < -0.39 is 30.1 Å². The van der Waals surface area contributed by atoms with Crippen molar-refractivity contribution in [2.45, 2.75) is 45.4 Å². The molecular formula is C19H28N2O5S. The van der Waals surface area contributed by atoms with Gasteiger partial charge in [-0.2, -0.15) is 11.8 Å². The molecule has 0 bridgehead atoms. The molecule has 0 aromatic heterocycles. The van der Waals surface area contributed by atoms with E-state index in [-0.39, 0.29) is 12.5 Å². The van der Waals surface area contributed by atoms with Crippen molar-refractivity contribution in [2.75, 3.05) is 12.0 Å². The van der Waals surface area contributed by atoms with Gasteiger partial charge in [-0.25, -0.2) is 9.59 Å². The zero-order valence-corrected chi connectivity index (χ0v) is 16.8. The van der Waals surface area contributed by atoms with Crippen molar-refractivity contribution >= 4 is 29.7 Å². The van der Waals surface area contributed by atoms with E-state index in [9.17, 15) is 19.5 Å². The number of carbonyl (C=O) groups excluding carboxylic acids is 2. The monoisotopic (exact) mass is 396 g/mol. The highest BCUT2D eigenvalue weighted by Crippen LogP contribution is 2.10. The maximum Gasteiger partial charge on any atom is 0.408 e. The summed E-state index contributed by atoms with van der Waals surface area (Å²) in [6.45, 7) is 3.80. The molecule has 2 amide bonds. The molecule has 0 aliphatic carbocycles. The minimum absolute atomic E-state index is 0.0903. The van der Waals surface area contributed by atoms with Crippen molar-refractivity contribution in [3.8, 4) is 0 Å². The van der Waals surface area contributed by atoms with E-state index in [4.69, 9.17) is 4.74 Å². The second-order valence-electron chi connectivity index (χ2n) is 6.25. The van der Waals surface area contributed by atoms with Gasteiger partial charge in [-0.1, -0.05) is 50.6 Å². The summed E-state index contributed by atoms with van der Waals surface area (Å²) in [4.78, 5) is 36.0. The number of carbonyl (C=O) groups is 3. The van der Waals surface area contributed by atoms with Crippen molar-refractivity contribution < 1.29 is 24.2 Å². The fourth-order valence-corrected chi connectivity index (χ4v) is 2.82. The third kappa shape index (κ3) is 8.34. The molecule has 1 rings (SSSR count). The number of aliphatic carboxylic acids is 1. The number of ether oxygens (including phenoxy) is 1. The van der Waals surface area contributed by atoms with Gasteiger partial charge >= 0.3 is 12.1 Å². The Balaban J connectivity index is 2.68. The number of hydrogen-bond donors (Lipinski definition) is 3. The van der Waals surface area contributed by atoms with Crippen molar-refractivity contribution in [1.82, 2.24) is 10.6 Å². The molecule has 8 heteroatoms. The van der Waals surface area contributed by atoms with Crippen LogP contribution in [-0.4, -0.2) is 47.2 Å². The zero-order chi connectivity index (χ0) is 20.2. The second-order valence-corrected chi connectivity index (χ2v) is 7.24. The van der Waals surface area contributed by atoms with Crippen LogP contribution in [0.4, 0.5) is 4.79 Å². The van der Waals surface area contributed by atoms with E-state index in [0.29, 0.717) is 18.6 Å². The standard InChI is InChI=1S/C19H28N2O5S/c1-4-13(2)16(17(22)20-15(18(23)24)10-11-27-3)21-19(25)26-12-14-8-6-5-7-9-14/h5-9,13,15-16H,4,10-12H2,1-3H3,(H,20,22)(H,21,25)(H,23,24)/t13-,15+,16-/m1/s1. The van der Waals surface area contributed by atoms with Crippen molar-refractivity contribution in [2.24, 2.45) is 5.92 Å². The molecule has 3 N–H and O–H groups in total. The Labute approximate surface area is 164 Å². The van der Waals surface area contributed by atoms with Gasteiger partial charge in [0.05, 0.1) is 0 Å². The first kappa shape index (κ1) is 22.8. The summed E-state index contributed by atoms with van der Waals surface area (Å²) in [6, 6.07) is 7.35. The smallest absolute Gasteiger partial charge is 0.408 e. The number of alkyl carbamates (subject to hydrolysis) is 1. The van der Waals surface area contributed by atoms with Crippen LogP contribution in [0.1, 0.15) is 32.3 Å². The van der Waals surface area contributed by atoms with Crippen molar-refractivity contribution in [3.05, 3.63) is 35.9 Å². The molecule has 1 aromatic rings. The fourth-order valence-electron chi connectivity index (χ4n) is 2.35. The van der Waals surface area contributed by atoms with Crippen LogP contribution in [0, 0.1) is 5.92 Å². The van der Waals surface area contributed by atoms with Crippen molar-refractivity contribution in [3.63, 3.8) is 0 Å². The molecule has 3 atom stereocenters. The van der Waals surface area contributed by atoms with Gasteiger partial charge in [-0.3, -0.25) is 4.79 Å². The van der Waals surface area contributed by atoms with Crippen LogP contribution in [0.25, 0.3) is 0 Å². The van der Waals surface area contributed by atoms with E-state index in [0.717, 1.165) is 5.56 Å². The Morgan fingerprint density at radius 2 is 1.85 bits per heavy atom. The summed E-state index contributed by atoms with van der Waals surface area (Å²) in [5.41, 5.74) is 0.834. The molecular weight excluding hydrogens is 368 g/mol. The first-order chi connectivity index (χ1) is 12.9. The SMILES string of the molecule is CC[C@@H](C)[C@@H](NC(=O)OCc1ccccc1)C(=O)N[C@@H](CCSC)C(=O)O.